The average Bonchev–Trinajstić information content (AvgIpc) is 3.35. The van der Waals surface area contributed by atoms with Gasteiger partial charge in [-0.3, -0.25) is 19.2 Å². The fourth-order valence-electron chi connectivity index (χ4n) is 7.81. The second-order valence-corrected chi connectivity index (χ2v) is 16.6. The van der Waals surface area contributed by atoms with E-state index in [2.05, 4.69) is 6.58 Å². The van der Waals surface area contributed by atoms with Crippen LogP contribution in [0.3, 0.4) is 0 Å². The van der Waals surface area contributed by atoms with Crippen LogP contribution in [-0.4, -0.2) is 112 Å². The number of hydrogen-bond donors (Lipinski definition) is 0. The van der Waals surface area contributed by atoms with Crippen LogP contribution in [0.2, 0.25) is 0 Å². The molecule has 0 aliphatic carbocycles. The van der Waals surface area contributed by atoms with Crippen LogP contribution in [0.4, 0.5) is 0 Å². The van der Waals surface area contributed by atoms with Gasteiger partial charge in [-0.1, -0.05) is 140 Å². The summed E-state index contributed by atoms with van der Waals surface area (Å²) >= 11 is 0. The monoisotopic (exact) mass is 966 g/mol. The van der Waals surface area contributed by atoms with Crippen molar-refractivity contribution in [2.24, 2.45) is 0 Å². The third-order valence-corrected chi connectivity index (χ3v) is 10.9. The van der Waals surface area contributed by atoms with Crippen LogP contribution < -0.4 is 0 Å². The smallest absolute Gasteiger partial charge is 0.303 e. The Kier molecular flexibility index (Phi) is 21.3. The van der Waals surface area contributed by atoms with Gasteiger partial charge < -0.3 is 56.8 Å². The average molecular weight is 967 g/mol. The zero-order valence-corrected chi connectivity index (χ0v) is 39.9. The van der Waals surface area contributed by atoms with Crippen LogP contribution in [-0.2, 0) is 102 Å². The molecule has 0 spiro atoms. The number of benzene rings is 4. The van der Waals surface area contributed by atoms with Crippen molar-refractivity contribution in [2.45, 2.75) is 116 Å². The summed E-state index contributed by atoms with van der Waals surface area (Å²) < 4.78 is 73.7. The second-order valence-electron chi connectivity index (χ2n) is 16.6. The van der Waals surface area contributed by atoms with Gasteiger partial charge in [0.15, 0.2) is 30.9 Å². The molecule has 16 heteroatoms. The van der Waals surface area contributed by atoms with Gasteiger partial charge in [0, 0.05) is 27.7 Å². The van der Waals surface area contributed by atoms with Gasteiger partial charge in [0.25, 0.3) is 0 Å². The summed E-state index contributed by atoms with van der Waals surface area (Å²) in [5, 5.41) is 0. The highest BCUT2D eigenvalue weighted by atomic mass is 16.7. The van der Waals surface area contributed by atoms with Gasteiger partial charge in [0.1, 0.15) is 37.1 Å². The van der Waals surface area contributed by atoms with Crippen LogP contribution in [0.25, 0.3) is 0 Å². The molecule has 2 aliphatic rings. The second kappa shape index (κ2) is 27.9. The maximum absolute atomic E-state index is 12.3. The maximum Gasteiger partial charge on any atom is 0.303 e. The lowest BCUT2D eigenvalue weighted by molar-refractivity contribution is -0.326. The SMILES string of the molecule is C=C(/C=C/CO[C@@H]1O[C@H](COCc2ccccc2)[C@H](OCc2ccccc2)[C@H](OCc2ccccc2)[C@H]1OCc1ccccc1)CO[C@@H]1O[C@H](COC(C)=O)[C@@H](OC(C)=O)[C@H](OC(C)=O)[C@H]1OC(C)=O. The largest absolute Gasteiger partial charge is 0.463 e. The van der Waals surface area contributed by atoms with Crippen LogP contribution >= 0.6 is 0 Å². The van der Waals surface area contributed by atoms with Crippen LogP contribution in [0.1, 0.15) is 49.9 Å². The molecule has 4 aromatic rings. The van der Waals surface area contributed by atoms with E-state index in [4.69, 9.17) is 56.8 Å². The Morgan fingerprint density at radius 1 is 0.471 bits per heavy atom. The molecule has 0 amide bonds. The minimum atomic E-state index is -1.39. The predicted molar refractivity (Wildman–Crippen MR) is 252 cm³/mol. The predicted octanol–water partition coefficient (Wildman–Crippen LogP) is 6.91. The topological polar surface area (TPSA) is 179 Å². The molecule has 0 N–H and O–H groups in total. The molecule has 0 bridgehead atoms. The Hall–Kier alpha value is -6.08. The highest BCUT2D eigenvalue weighted by Crippen LogP contribution is 2.33. The van der Waals surface area contributed by atoms with Crippen molar-refractivity contribution in [3.05, 3.63) is 168 Å². The molecule has 2 fully saturated rings. The Bertz CT molecular complexity index is 2260. The van der Waals surface area contributed by atoms with Crippen molar-refractivity contribution >= 4 is 23.9 Å². The Morgan fingerprint density at radius 3 is 1.40 bits per heavy atom. The zero-order chi connectivity index (χ0) is 49.7. The van der Waals surface area contributed by atoms with E-state index in [0.29, 0.717) is 12.2 Å². The highest BCUT2D eigenvalue weighted by molar-refractivity contribution is 5.68. The standard InChI is InChI=1S/C54H62O16/c1-36(29-65-54-52(68-40(5)58)50(67-39(4)57)48(66-38(3)56)46(70-54)35-61-37(2)55)19-18-28-60-53-51(64-33-44-26-16-9-17-27-44)49(63-32-43-24-14-8-15-25-43)47(62-31-42-22-12-7-13-23-42)45(69-53)34-59-30-41-20-10-6-11-21-41/h6-27,45-54H,1,28-35H2,2-5H3/b19-18+/t45-,46-,47+,48-,49+,50+,51-,52-,53-,54-/m1/s1. The summed E-state index contributed by atoms with van der Waals surface area (Å²) in [6.45, 7) is 9.43. The van der Waals surface area contributed by atoms with E-state index in [0.717, 1.165) is 43.0 Å². The van der Waals surface area contributed by atoms with Gasteiger partial charge in [-0.25, -0.2) is 0 Å². The minimum absolute atomic E-state index is 0.0203. The summed E-state index contributed by atoms with van der Waals surface area (Å²) in [5.74, 6) is -2.89. The first-order valence-electron chi connectivity index (χ1n) is 23.0. The van der Waals surface area contributed by atoms with Crippen molar-refractivity contribution in [2.75, 3.05) is 26.4 Å². The third-order valence-electron chi connectivity index (χ3n) is 10.9. The minimum Gasteiger partial charge on any atom is -0.463 e. The fourth-order valence-corrected chi connectivity index (χ4v) is 7.81. The number of carbonyl (C=O) groups is 4. The van der Waals surface area contributed by atoms with E-state index in [1.54, 1.807) is 12.2 Å². The molecule has 0 aromatic heterocycles. The molecule has 0 saturated carbocycles. The quantitative estimate of drug-likeness (QED) is 0.0380. The van der Waals surface area contributed by atoms with Crippen LogP contribution in [0, 0.1) is 0 Å². The van der Waals surface area contributed by atoms with Gasteiger partial charge in [0.2, 0.25) is 0 Å². The molecule has 0 unspecified atom stereocenters. The summed E-state index contributed by atoms with van der Waals surface area (Å²) in [4.78, 5) is 48.5. The maximum atomic E-state index is 12.3. The van der Waals surface area contributed by atoms with Crippen molar-refractivity contribution in [1.29, 1.82) is 0 Å². The van der Waals surface area contributed by atoms with E-state index in [-0.39, 0.29) is 39.6 Å². The fraction of sp³-hybridized carbons (Fsp3) is 0.407. The first-order valence-corrected chi connectivity index (χ1v) is 23.0. The molecule has 4 aromatic carbocycles. The normalized spacial score (nSPS) is 24.3. The zero-order valence-electron chi connectivity index (χ0n) is 39.9. The van der Waals surface area contributed by atoms with Crippen molar-refractivity contribution < 1.29 is 76.0 Å². The molecule has 374 valence electrons. The van der Waals surface area contributed by atoms with Gasteiger partial charge in [-0.2, -0.15) is 0 Å². The molecule has 70 heavy (non-hydrogen) atoms. The van der Waals surface area contributed by atoms with E-state index in [1.165, 1.54) is 6.92 Å². The summed E-state index contributed by atoms with van der Waals surface area (Å²) in [7, 11) is 0. The molecule has 2 heterocycles. The molecular formula is C54H62O16. The van der Waals surface area contributed by atoms with Crippen molar-refractivity contribution in [3.63, 3.8) is 0 Å². The van der Waals surface area contributed by atoms with Crippen LogP contribution in [0.5, 0.6) is 0 Å². The number of hydrogen-bond acceptors (Lipinski definition) is 16. The number of carbonyl (C=O) groups excluding carboxylic acids is 4. The number of esters is 4. The Balaban J connectivity index is 1.21. The molecule has 10 atom stereocenters. The molecule has 6 rings (SSSR count). The van der Waals surface area contributed by atoms with E-state index >= 15 is 0 Å². The summed E-state index contributed by atoms with van der Waals surface area (Å²) in [6, 6.07) is 39.3. The summed E-state index contributed by atoms with van der Waals surface area (Å²) in [6.07, 6.45) is -7.06. The van der Waals surface area contributed by atoms with Gasteiger partial charge in [-0.05, 0) is 27.8 Å². The van der Waals surface area contributed by atoms with Crippen molar-refractivity contribution in [1.82, 2.24) is 0 Å². The lowest BCUT2D eigenvalue weighted by Gasteiger charge is -2.45. The van der Waals surface area contributed by atoms with Gasteiger partial charge >= 0.3 is 23.9 Å². The van der Waals surface area contributed by atoms with E-state index < -0.39 is 91.9 Å². The Morgan fingerprint density at radius 2 is 0.900 bits per heavy atom. The van der Waals surface area contributed by atoms with Crippen molar-refractivity contribution in [3.8, 4) is 0 Å². The lowest BCUT2D eigenvalue weighted by atomic mass is 9.97. The summed E-state index contributed by atoms with van der Waals surface area (Å²) in [5.41, 5.74) is 4.29. The van der Waals surface area contributed by atoms with Crippen LogP contribution in [0.15, 0.2) is 146 Å². The molecule has 2 aliphatic heterocycles. The molecule has 0 radical (unpaired) electrons. The third kappa shape index (κ3) is 17.1. The Labute approximate surface area is 408 Å². The van der Waals surface area contributed by atoms with Gasteiger partial charge in [-0.15, -0.1) is 0 Å². The molecule has 2 saturated heterocycles. The number of ether oxygens (including phenoxy) is 12. The van der Waals surface area contributed by atoms with E-state index in [1.807, 2.05) is 121 Å². The molecule has 16 nitrogen and oxygen atoms in total. The van der Waals surface area contributed by atoms with E-state index in [9.17, 15) is 19.2 Å². The first kappa shape index (κ1) is 53.3. The lowest BCUT2D eigenvalue weighted by Crippen LogP contribution is -2.63. The van der Waals surface area contributed by atoms with Gasteiger partial charge in [0.05, 0.1) is 46.2 Å². The number of rotatable bonds is 25. The molecular weight excluding hydrogens is 905 g/mol. The highest BCUT2D eigenvalue weighted by Gasteiger charge is 2.53. The first-order chi connectivity index (χ1) is 33.9.